The van der Waals surface area contributed by atoms with Crippen LogP contribution in [-0.4, -0.2) is 65.4 Å². The van der Waals surface area contributed by atoms with Crippen molar-refractivity contribution in [2.24, 2.45) is 17.6 Å². The minimum atomic E-state index is -0.776. The van der Waals surface area contributed by atoms with Crippen LogP contribution >= 0.6 is 0 Å². The number of carboxylic acids is 1. The highest BCUT2D eigenvalue weighted by Crippen LogP contribution is 2.19. The van der Waals surface area contributed by atoms with Crippen molar-refractivity contribution < 1.29 is 19.5 Å². The molecule has 2 rings (SSSR count). The Hall–Kier alpha value is -1.63. The lowest BCUT2D eigenvalue weighted by atomic mass is 9.96. The molecule has 2 saturated heterocycles. The van der Waals surface area contributed by atoms with Gasteiger partial charge in [-0.25, -0.2) is 0 Å². The number of hydrogen-bond acceptors (Lipinski definition) is 4. The van der Waals surface area contributed by atoms with Crippen LogP contribution in [0, 0.1) is 11.8 Å². The molecule has 2 aliphatic heterocycles. The van der Waals surface area contributed by atoms with E-state index in [0.29, 0.717) is 39.0 Å². The zero-order valence-corrected chi connectivity index (χ0v) is 12.2. The van der Waals surface area contributed by atoms with E-state index in [4.69, 9.17) is 10.8 Å². The van der Waals surface area contributed by atoms with E-state index < -0.39 is 5.97 Å². The van der Waals surface area contributed by atoms with Crippen molar-refractivity contribution in [1.29, 1.82) is 0 Å². The zero-order valence-electron chi connectivity index (χ0n) is 12.2. The molecule has 2 amide bonds. The summed E-state index contributed by atoms with van der Waals surface area (Å²) >= 11 is 0. The number of carboxylic acid groups (broad SMARTS) is 1. The van der Waals surface area contributed by atoms with Gasteiger partial charge in [0.2, 0.25) is 11.8 Å². The largest absolute Gasteiger partial charge is 0.481 e. The molecule has 21 heavy (non-hydrogen) atoms. The van der Waals surface area contributed by atoms with Gasteiger partial charge in [-0.2, -0.15) is 0 Å². The number of amides is 2. The van der Waals surface area contributed by atoms with Crippen LogP contribution in [0.25, 0.3) is 0 Å². The Bertz CT molecular complexity index is 418. The third kappa shape index (κ3) is 4.17. The average molecular weight is 297 g/mol. The minimum absolute atomic E-state index is 0.0176. The molecule has 7 nitrogen and oxygen atoms in total. The number of hydrogen-bond donors (Lipinski definition) is 2. The highest BCUT2D eigenvalue weighted by atomic mass is 16.4. The van der Waals surface area contributed by atoms with Gasteiger partial charge in [0.05, 0.1) is 18.4 Å². The van der Waals surface area contributed by atoms with Gasteiger partial charge in [-0.3, -0.25) is 19.3 Å². The Morgan fingerprint density at radius 2 is 1.71 bits per heavy atom. The molecule has 7 heteroatoms. The van der Waals surface area contributed by atoms with E-state index >= 15 is 0 Å². The van der Waals surface area contributed by atoms with Crippen LogP contribution in [0.5, 0.6) is 0 Å². The lowest BCUT2D eigenvalue weighted by Crippen LogP contribution is -2.48. The standard InChI is InChI=1S/C14H23N3O4/c15-13(19)11-2-1-5-16(8-11)9-12(18)17-6-3-10(4-7-17)14(20)21/h10-11H,1-9H2,(H2,15,19)(H,20,21). The first-order valence-electron chi connectivity index (χ1n) is 7.49. The summed E-state index contributed by atoms with van der Waals surface area (Å²) in [6.45, 7) is 2.65. The van der Waals surface area contributed by atoms with Crippen LogP contribution in [0.1, 0.15) is 25.7 Å². The monoisotopic (exact) mass is 297 g/mol. The molecular weight excluding hydrogens is 274 g/mol. The molecule has 2 fully saturated rings. The maximum absolute atomic E-state index is 12.2. The van der Waals surface area contributed by atoms with Crippen LogP contribution in [-0.2, 0) is 14.4 Å². The summed E-state index contributed by atoms with van der Waals surface area (Å²) in [5.41, 5.74) is 5.33. The third-order valence-electron chi connectivity index (χ3n) is 4.46. The predicted octanol–water partition coefficient (Wildman–Crippen LogP) is -0.493. The molecule has 0 aromatic rings. The van der Waals surface area contributed by atoms with Crippen molar-refractivity contribution >= 4 is 17.8 Å². The lowest BCUT2D eigenvalue weighted by Gasteiger charge is -2.34. The molecule has 0 spiro atoms. The lowest BCUT2D eigenvalue weighted by molar-refractivity contribution is -0.146. The van der Waals surface area contributed by atoms with Gasteiger partial charge >= 0.3 is 5.97 Å². The van der Waals surface area contributed by atoms with Crippen molar-refractivity contribution in [2.45, 2.75) is 25.7 Å². The Morgan fingerprint density at radius 3 is 2.29 bits per heavy atom. The van der Waals surface area contributed by atoms with Crippen molar-refractivity contribution in [3.63, 3.8) is 0 Å². The molecule has 0 aromatic heterocycles. The first kappa shape index (κ1) is 15.8. The number of rotatable bonds is 4. The third-order valence-corrected chi connectivity index (χ3v) is 4.46. The number of carbonyl (C=O) groups is 3. The van der Waals surface area contributed by atoms with E-state index in [1.54, 1.807) is 4.90 Å². The van der Waals surface area contributed by atoms with Crippen LogP contribution in [0.15, 0.2) is 0 Å². The van der Waals surface area contributed by atoms with Crippen LogP contribution in [0.4, 0.5) is 0 Å². The van der Waals surface area contributed by atoms with Gasteiger partial charge in [0.15, 0.2) is 0 Å². The number of nitrogens with zero attached hydrogens (tertiary/aromatic N) is 2. The van der Waals surface area contributed by atoms with Crippen molar-refractivity contribution in [3.05, 3.63) is 0 Å². The molecule has 1 unspecified atom stereocenters. The van der Waals surface area contributed by atoms with Gasteiger partial charge in [-0.05, 0) is 32.2 Å². The van der Waals surface area contributed by atoms with Gasteiger partial charge in [-0.15, -0.1) is 0 Å². The summed E-state index contributed by atoms with van der Waals surface area (Å²) in [6, 6.07) is 0. The van der Waals surface area contributed by atoms with E-state index in [1.165, 1.54) is 0 Å². The number of primary amides is 1. The van der Waals surface area contributed by atoms with Crippen molar-refractivity contribution in [2.75, 3.05) is 32.7 Å². The first-order chi connectivity index (χ1) is 9.97. The fraction of sp³-hybridized carbons (Fsp3) is 0.786. The highest BCUT2D eigenvalue weighted by molar-refractivity contribution is 5.79. The molecular formula is C14H23N3O4. The Labute approximate surface area is 124 Å². The van der Waals surface area contributed by atoms with Crippen molar-refractivity contribution in [3.8, 4) is 0 Å². The zero-order chi connectivity index (χ0) is 15.4. The van der Waals surface area contributed by atoms with E-state index in [0.717, 1.165) is 19.4 Å². The molecule has 118 valence electrons. The van der Waals surface area contributed by atoms with Gasteiger partial charge in [0.25, 0.3) is 0 Å². The minimum Gasteiger partial charge on any atom is -0.481 e. The Kier molecular flexibility index (Phi) is 5.17. The van der Waals surface area contributed by atoms with E-state index in [-0.39, 0.29) is 23.7 Å². The van der Waals surface area contributed by atoms with Gasteiger partial charge < -0.3 is 15.7 Å². The molecule has 0 saturated carbocycles. The second kappa shape index (κ2) is 6.89. The van der Waals surface area contributed by atoms with Crippen LogP contribution < -0.4 is 5.73 Å². The topological polar surface area (TPSA) is 104 Å². The van der Waals surface area contributed by atoms with Gasteiger partial charge in [0, 0.05) is 19.6 Å². The van der Waals surface area contributed by atoms with Crippen molar-refractivity contribution in [1.82, 2.24) is 9.80 Å². The smallest absolute Gasteiger partial charge is 0.306 e. The normalized spacial score (nSPS) is 24.8. The maximum atomic E-state index is 12.2. The predicted molar refractivity (Wildman–Crippen MR) is 75.3 cm³/mol. The number of piperidine rings is 2. The molecule has 0 aromatic carbocycles. The summed E-state index contributed by atoms with van der Waals surface area (Å²) in [4.78, 5) is 38.1. The fourth-order valence-corrected chi connectivity index (χ4v) is 3.10. The molecule has 1 atom stereocenters. The second-order valence-electron chi connectivity index (χ2n) is 5.97. The van der Waals surface area contributed by atoms with Gasteiger partial charge in [0.1, 0.15) is 0 Å². The summed E-state index contributed by atoms with van der Waals surface area (Å²) in [6.07, 6.45) is 2.71. The summed E-state index contributed by atoms with van der Waals surface area (Å²) in [7, 11) is 0. The molecule has 2 heterocycles. The molecule has 0 radical (unpaired) electrons. The number of likely N-dealkylation sites (tertiary alicyclic amines) is 2. The highest BCUT2D eigenvalue weighted by Gasteiger charge is 2.29. The SMILES string of the molecule is NC(=O)C1CCCN(CC(=O)N2CCC(C(=O)O)CC2)C1. The Balaban J connectivity index is 1.79. The average Bonchev–Trinajstić information content (AvgIpc) is 2.47. The molecule has 0 aliphatic carbocycles. The Morgan fingerprint density at radius 1 is 1.05 bits per heavy atom. The first-order valence-corrected chi connectivity index (χ1v) is 7.49. The number of carbonyl (C=O) groups excluding carboxylic acids is 2. The van der Waals surface area contributed by atoms with E-state index in [9.17, 15) is 14.4 Å². The second-order valence-corrected chi connectivity index (χ2v) is 5.97. The fourth-order valence-electron chi connectivity index (χ4n) is 3.10. The molecule has 0 bridgehead atoms. The van der Waals surface area contributed by atoms with Gasteiger partial charge in [-0.1, -0.05) is 0 Å². The summed E-state index contributed by atoms with van der Waals surface area (Å²) in [5.74, 6) is -1.55. The summed E-state index contributed by atoms with van der Waals surface area (Å²) < 4.78 is 0. The maximum Gasteiger partial charge on any atom is 0.306 e. The molecule has 3 N–H and O–H groups in total. The molecule has 2 aliphatic rings. The number of nitrogens with two attached hydrogens (primary N) is 1. The van der Waals surface area contributed by atoms with Crippen LogP contribution in [0.3, 0.4) is 0 Å². The number of aliphatic carboxylic acids is 1. The van der Waals surface area contributed by atoms with E-state index in [2.05, 4.69) is 0 Å². The van der Waals surface area contributed by atoms with Crippen LogP contribution in [0.2, 0.25) is 0 Å². The quantitative estimate of drug-likeness (QED) is 0.728. The summed E-state index contributed by atoms with van der Waals surface area (Å²) in [5, 5.41) is 8.95. The van der Waals surface area contributed by atoms with E-state index in [1.807, 2.05) is 4.90 Å².